The number of Topliss-reactive ketones (excluding diaryl/α,β-unsaturated/α-hetero) is 1. The molecule has 1 atom stereocenters. The van der Waals surface area contributed by atoms with Crippen molar-refractivity contribution in [3.63, 3.8) is 0 Å². The summed E-state index contributed by atoms with van der Waals surface area (Å²) in [7, 11) is 0. The minimum atomic E-state index is 0.0985. The number of fused-ring (bicyclic) bond motifs is 1. The molecule has 1 unspecified atom stereocenters. The van der Waals surface area contributed by atoms with Crippen molar-refractivity contribution in [2.24, 2.45) is 5.92 Å². The zero-order valence-corrected chi connectivity index (χ0v) is 11.8. The molecular formula is C14H16BrNO2. The van der Waals surface area contributed by atoms with Gasteiger partial charge >= 0.3 is 0 Å². The first-order chi connectivity index (χ1) is 8.75. The molecule has 1 fully saturated rings. The van der Waals surface area contributed by atoms with E-state index in [0.717, 1.165) is 53.7 Å². The highest BCUT2D eigenvalue weighted by molar-refractivity contribution is 9.10. The first-order valence-electron chi connectivity index (χ1n) is 6.46. The van der Waals surface area contributed by atoms with Crippen LogP contribution in [0.25, 0.3) is 0 Å². The Kier molecular flexibility index (Phi) is 3.39. The number of piperidine rings is 1. The van der Waals surface area contributed by atoms with Gasteiger partial charge in [-0.05, 0) is 37.1 Å². The zero-order valence-electron chi connectivity index (χ0n) is 10.2. The molecule has 2 aliphatic rings. The van der Waals surface area contributed by atoms with Crippen LogP contribution in [0.5, 0.6) is 5.75 Å². The van der Waals surface area contributed by atoms with Gasteiger partial charge in [-0.2, -0.15) is 0 Å². The molecule has 1 N–H and O–H groups in total. The lowest BCUT2D eigenvalue weighted by Gasteiger charge is -2.22. The van der Waals surface area contributed by atoms with E-state index in [2.05, 4.69) is 27.3 Å². The molecule has 1 aromatic carbocycles. The van der Waals surface area contributed by atoms with Crippen LogP contribution in [-0.2, 0) is 6.42 Å². The number of ether oxygens (including phenoxy) is 1. The third-order valence-corrected chi connectivity index (χ3v) is 4.14. The van der Waals surface area contributed by atoms with Crippen LogP contribution in [0.15, 0.2) is 16.6 Å². The lowest BCUT2D eigenvalue weighted by molar-refractivity contribution is 0.0896. The van der Waals surface area contributed by atoms with Crippen LogP contribution in [0.1, 0.15) is 28.8 Å². The Morgan fingerprint density at radius 3 is 3.11 bits per heavy atom. The second-order valence-electron chi connectivity index (χ2n) is 4.95. The lowest BCUT2D eigenvalue weighted by Crippen LogP contribution is -2.34. The van der Waals surface area contributed by atoms with Crippen molar-refractivity contribution >= 4 is 21.7 Å². The normalized spacial score (nSPS) is 22.4. The lowest BCUT2D eigenvalue weighted by atomic mass is 9.90. The quantitative estimate of drug-likeness (QED) is 0.853. The third kappa shape index (κ3) is 2.19. The van der Waals surface area contributed by atoms with Crippen LogP contribution in [-0.4, -0.2) is 25.5 Å². The van der Waals surface area contributed by atoms with Gasteiger partial charge in [0.25, 0.3) is 0 Å². The number of hydrogen-bond donors (Lipinski definition) is 1. The van der Waals surface area contributed by atoms with E-state index < -0.39 is 0 Å². The van der Waals surface area contributed by atoms with Crippen molar-refractivity contribution in [3.8, 4) is 5.75 Å². The van der Waals surface area contributed by atoms with Gasteiger partial charge in [0.2, 0.25) is 0 Å². The molecule has 0 saturated carbocycles. The maximum Gasteiger partial charge on any atom is 0.170 e. The molecule has 2 heterocycles. The zero-order chi connectivity index (χ0) is 12.5. The predicted octanol–water partition coefficient (Wildman–Crippen LogP) is 2.57. The van der Waals surface area contributed by atoms with Crippen LogP contribution in [0.4, 0.5) is 0 Å². The Labute approximate surface area is 115 Å². The molecule has 3 nitrogen and oxygen atoms in total. The standard InChI is InChI=1S/C14H16BrNO2/c15-11-6-9-3-5-18-14(9)12(7-11)13(17)10-2-1-4-16-8-10/h6-7,10,16H,1-5,8H2. The SMILES string of the molecule is O=C(c1cc(Br)cc2c1OCC2)C1CCCNC1. The van der Waals surface area contributed by atoms with Crippen molar-refractivity contribution in [1.29, 1.82) is 0 Å². The highest BCUT2D eigenvalue weighted by Crippen LogP contribution is 2.35. The Morgan fingerprint density at radius 2 is 2.33 bits per heavy atom. The summed E-state index contributed by atoms with van der Waals surface area (Å²) in [6.45, 7) is 2.51. The molecule has 0 aliphatic carbocycles. The van der Waals surface area contributed by atoms with Crippen LogP contribution in [0.2, 0.25) is 0 Å². The molecule has 3 rings (SSSR count). The summed E-state index contributed by atoms with van der Waals surface area (Å²) >= 11 is 3.48. The van der Waals surface area contributed by atoms with Gasteiger partial charge in [0.15, 0.2) is 5.78 Å². The fourth-order valence-corrected chi connectivity index (χ4v) is 3.25. The van der Waals surface area contributed by atoms with Gasteiger partial charge in [0.1, 0.15) is 5.75 Å². The molecule has 96 valence electrons. The smallest absolute Gasteiger partial charge is 0.170 e. The number of ketones is 1. The van der Waals surface area contributed by atoms with Crippen LogP contribution >= 0.6 is 15.9 Å². The van der Waals surface area contributed by atoms with E-state index in [1.54, 1.807) is 0 Å². The average molecular weight is 310 g/mol. The fraction of sp³-hybridized carbons (Fsp3) is 0.500. The molecular weight excluding hydrogens is 294 g/mol. The summed E-state index contributed by atoms with van der Waals surface area (Å²) in [6, 6.07) is 3.96. The number of rotatable bonds is 2. The van der Waals surface area contributed by atoms with E-state index in [4.69, 9.17) is 4.74 Å². The Morgan fingerprint density at radius 1 is 1.44 bits per heavy atom. The number of hydrogen-bond acceptors (Lipinski definition) is 3. The average Bonchev–Trinajstić information content (AvgIpc) is 2.86. The van der Waals surface area contributed by atoms with Gasteiger partial charge < -0.3 is 10.1 Å². The first kappa shape index (κ1) is 12.2. The third-order valence-electron chi connectivity index (χ3n) is 3.68. The second kappa shape index (κ2) is 5.02. The Balaban J connectivity index is 1.93. The highest BCUT2D eigenvalue weighted by Gasteiger charge is 2.28. The van der Waals surface area contributed by atoms with Gasteiger partial charge in [-0.15, -0.1) is 0 Å². The highest BCUT2D eigenvalue weighted by atomic mass is 79.9. The van der Waals surface area contributed by atoms with E-state index in [0.29, 0.717) is 6.61 Å². The minimum Gasteiger partial charge on any atom is -0.492 e. The van der Waals surface area contributed by atoms with Crippen LogP contribution in [0.3, 0.4) is 0 Å². The van der Waals surface area contributed by atoms with Crippen molar-refractivity contribution in [2.45, 2.75) is 19.3 Å². The topological polar surface area (TPSA) is 38.3 Å². The molecule has 0 spiro atoms. The van der Waals surface area contributed by atoms with Gasteiger partial charge in [-0.25, -0.2) is 0 Å². The maximum atomic E-state index is 12.6. The summed E-state index contributed by atoms with van der Waals surface area (Å²) in [5.41, 5.74) is 1.90. The number of carbonyl (C=O) groups excluding carboxylic acids is 1. The summed E-state index contributed by atoms with van der Waals surface area (Å²) in [5, 5.41) is 3.29. The fourth-order valence-electron chi connectivity index (χ4n) is 2.75. The van der Waals surface area contributed by atoms with Crippen LogP contribution < -0.4 is 10.1 Å². The van der Waals surface area contributed by atoms with Crippen molar-refractivity contribution < 1.29 is 9.53 Å². The van der Waals surface area contributed by atoms with Crippen molar-refractivity contribution in [2.75, 3.05) is 19.7 Å². The number of carbonyl (C=O) groups is 1. The Bertz CT molecular complexity index is 481. The summed E-state index contributed by atoms with van der Waals surface area (Å²) < 4.78 is 6.61. The van der Waals surface area contributed by atoms with Crippen molar-refractivity contribution in [1.82, 2.24) is 5.32 Å². The molecule has 1 saturated heterocycles. The van der Waals surface area contributed by atoms with Crippen LogP contribution in [0, 0.1) is 5.92 Å². The first-order valence-corrected chi connectivity index (χ1v) is 7.25. The molecule has 18 heavy (non-hydrogen) atoms. The summed E-state index contributed by atoms with van der Waals surface area (Å²) in [4.78, 5) is 12.6. The van der Waals surface area contributed by atoms with E-state index in [9.17, 15) is 4.79 Å². The number of nitrogens with one attached hydrogen (secondary N) is 1. The van der Waals surface area contributed by atoms with E-state index in [1.165, 1.54) is 0 Å². The molecule has 2 aliphatic heterocycles. The maximum absolute atomic E-state index is 12.6. The van der Waals surface area contributed by atoms with E-state index in [1.807, 2.05) is 6.07 Å². The second-order valence-corrected chi connectivity index (χ2v) is 5.86. The molecule has 0 bridgehead atoms. The monoisotopic (exact) mass is 309 g/mol. The molecule has 4 heteroatoms. The van der Waals surface area contributed by atoms with Gasteiger partial charge in [0.05, 0.1) is 12.2 Å². The molecule has 1 aromatic rings. The van der Waals surface area contributed by atoms with Gasteiger partial charge in [-0.3, -0.25) is 4.79 Å². The minimum absolute atomic E-state index is 0.0985. The molecule has 0 radical (unpaired) electrons. The number of benzene rings is 1. The van der Waals surface area contributed by atoms with E-state index in [-0.39, 0.29) is 11.7 Å². The molecule has 0 amide bonds. The predicted molar refractivity (Wildman–Crippen MR) is 73.3 cm³/mol. The molecule has 0 aromatic heterocycles. The Hall–Kier alpha value is -0.870. The number of halogens is 1. The summed E-state index contributed by atoms with van der Waals surface area (Å²) in [6.07, 6.45) is 2.96. The van der Waals surface area contributed by atoms with Gasteiger partial charge in [0, 0.05) is 23.4 Å². The van der Waals surface area contributed by atoms with Crippen molar-refractivity contribution in [3.05, 3.63) is 27.7 Å². The largest absolute Gasteiger partial charge is 0.492 e. The van der Waals surface area contributed by atoms with Gasteiger partial charge in [-0.1, -0.05) is 15.9 Å². The van der Waals surface area contributed by atoms with E-state index >= 15 is 0 Å². The summed E-state index contributed by atoms with van der Waals surface area (Å²) in [5.74, 6) is 1.14.